The van der Waals surface area contributed by atoms with E-state index in [9.17, 15) is 14.4 Å². The Bertz CT molecular complexity index is 155. The summed E-state index contributed by atoms with van der Waals surface area (Å²) in [5, 5.41) is 2.06. The maximum absolute atomic E-state index is 10.4. The average Bonchev–Trinajstić information content (AvgIpc) is 1.85. The lowest BCUT2D eigenvalue weighted by molar-refractivity contribution is -0.121. The van der Waals surface area contributed by atoms with Gasteiger partial charge in [0.25, 0.3) is 0 Å². The first-order valence-electron chi connectivity index (χ1n) is 2.65. The highest BCUT2D eigenvalue weighted by molar-refractivity contribution is 5.92. The Hall–Kier alpha value is -1.39. The van der Waals surface area contributed by atoms with Crippen LogP contribution in [0.5, 0.6) is 0 Å². The number of rotatable bonds is 4. The minimum absolute atomic E-state index is 0.173. The second-order valence-corrected chi connectivity index (χ2v) is 1.63. The third-order valence-electron chi connectivity index (χ3n) is 0.771. The van der Waals surface area contributed by atoms with Crippen LogP contribution < -0.4 is 11.1 Å². The van der Waals surface area contributed by atoms with Gasteiger partial charge in [0, 0.05) is 0 Å². The Kier molecular flexibility index (Phi) is 3.86. The van der Waals surface area contributed by atoms with Crippen LogP contribution in [0.1, 0.15) is 6.42 Å². The van der Waals surface area contributed by atoms with Gasteiger partial charge in [-0.3, -0.25) is 4.79 Å². The summed E-state index contributed by atoms with van der Waals surface area (Å²) in [6.07, 6.45) is 0.297. The molecule has 2 amide bonds. The van der Waals surface area contributed by atoms with Crippen LogP contribution in [0.3, 0.4) is 0 Å². The van der Waals surface area contributed by atoms with E-state index in [2.05, 4.69) is 11.1 Å². The Morgan fingerprint density at radius 2 is 2.10 bits per heavy atom. The molecule has 0 aromatic carbocycles. The average molecular weight is 144 g/mol. The van der Waals surface area contributed by atoms with Crippen LogP contribution in [-0.2, 0) is 9.59 Å². The molecule has 56 valence electrons. The molecule has 0 aromatic rings. The molecule has 0 fully saturated rings. The van der Waals surface area contributed by atoms with Gasteiger partial charge < -0.3 is 15.8 Å². The van der Waals surface area contributed by atoms with E-state index in [4.69, 9.17) is 0 Å². The number of Topliss-reactive ketones (excluding diaryl/α,β-unsaturated/α-hetero) is 1. The second kappa shape index (κ2) is 4.49. The van der Waals surface area contributed by atoms with E-state index in [1.54, 1.807) is 0 Å². The monoisotopic (exact) mass is 144 g/mol. The molecule has 5 heteroatoms. The van der Waals surface area contributed by atoms with Crippen LogP contribution in [-0.4, -0.2) is 24.6 Å². The Morgan fingerprint density at radius 3 is 2.50 bits per heavy atom. The molecule has 0 unspecified atom stereocenters. The van der Waals surface area contributed by atoms with Crippen molar-refractivity contribution in [1.82, 2.24) is 5.32 Å². The second-order valence-electron chi connectivity index (χ2n) is 1.63. The molecule has 0 rings (SSSR count). The van der Waals surface area contributed by atoms with Gasteiger partial charge in [0.2, 0.25) is 0 Å². The van der Waals surface area contributed by atoms with Crippen molar-refractivity contribution in [2.45, 2.75) is 6.42 Å². The van der Waals surface area contributed by atoms with E-state index in [0.29, 0.717) is 6.29 Å². The fourth-order valence-electron chi connectivity index (χ4n) is 0.351. The number of hydrogen-bond donors (Lipinski definition) is 2. The summed E-state index contributed by atoms with van der Waals surface area (Å²) in [5.41, 5.74) is 4.65. The number of carbonyl (C=O) groups is 3. The highest BCUT2D eigenvalue weighted by Gasteiger charge is 1.99. The number of carbonyl (C=O) groups excluding carboxylic acids is 3. The van der Waals surface area contributed by atoms with Crippen molar-refractivity contribution in [3.8, 4) is 0 Å². The molecular weight excluding hydrogens is 136 g/mol. The maximum Gasteiger partial charge on any atom is 0.312 e. The Balaban J connectivity index is 3.39. The van der Waals surface area contributed by atoms with Gasteiger partial charge in [0.15, 0.2) is 5.78 Å². The summed E-state index contributed by atoms with van der Waals surface area (Å²) in [7, 11) is 0. The number of amides is 2. The fraction of sp³-hybridized carbons (Fsp3) is 0.400. The molecule has 0 atom stereocenters. The summed E-state index contributed by atoms with van der Waals surface area (Å²) in [5.74, 6) is -0.353. The summed E-state index contributed by atoms with van der Waals surface area (Å²) in [6, 6.07) is -0.765. The third-order valence-corrected chi connectivity index (χ3v) is 0.771. The maximum atomic E-state index is 10.4. The van der Waals surface area contributed by atoms with Crippen molar-refractivity contribution >= 4 is 18.1 Å². The molecule has 0 aromatic heterocycles. The normalized spacial score (nSPS) is 8.40. The minimum Gasteiger partial charge on any atom is -0.352 e. The molecule has 0 radical (unpaired) electrons. The lowest BCUT2D eigenvalue weighted by atomic mass is 10.3. The molecule has 0 spiro atoms. The Labute approximate surface area is 57.6 Å². The first-order valence-corrected chi connectivity index (χ1v) is 2.65. The van der Waals surface area contributed by atoms with Crippen molar-refractivity contribution in [2.75, 3.05) is 6.54 Å². The topological polar surface area (TPSA) is 89.3 Å². The number of primary amides is 1. The molecule has 0 saturated heterocycles. The van der Waals surface area contributed by atoms with Gasteiger partial charge in [-0.25, -0.2) is 4.79 Å². The van der Waals surface area contributed by atoms with E-state index in [-0.39, 0.29) is 18.7 Å². The van der Waals surface area contributed by atoms with E-state index in [1.807, 2.05) is 0 Å². The number of urea groups is 1. The van der Waals surface area contributed by atoms with Gasteiger partial charge in [-0.05, 0) is 0 Å². The quantitative estimate of drug-likeness (QED) is 0.384. The molecule has 10 heavy (non-hydrogen) atoms. The van der Waals surface area contributed by atoms with E-state index in [0.717, 1.165) is 0 Å². The van der Waals surface area contributed by atoms with Gasteiger partial charge >= 0.3 is 6.03 Å². The number of aldehydes is 1. The molecule has 0 aliphatic carbocycles. The van der Waals surface area contributed by atoms with Gasteiger partial charge in [-0.2, -0.15) is 0 Å². The van der Waals surface area contributed by atoms with Crippen molar-refractivity contribution in [2.24, 2.45) is 5.73 Å². The summed E-state index contributed by atoms with van der Waals surface area (Å²) in [4.78, 5) is 30.1. The third kappa shape index (κ3) is 4.76. The van der Waals surface area contributed by atoms with Crippen LogP contribution >= 0.6 is 0 Å². The predicted molar refractivity (Wildman–Crippen MR) is 33.3 cm³/mol. The van der Waals surface area contributed by atoms with Crippen molar-refractivity contribution in [1.29, 1.82) is 0 Å². The zero-order valence-electron chi connectivity index (χ0n) is 5.29. The highest BCUT2D eigenvalue weighted by Crippen LogP contribution is 1.73. The molecule has 0 aliphatic rings. The van der Waals surface area contributed by atoms with E-state index < -0.39 is 6.03 Å². The number of hydrogen-bond acceptors (Lipinski definition) is 3. The Morgan fingerprint density at radius 1 is 1.50 bits per heavy atom. The van der Waals surface area contributed by atoms with E-state index in [1.165, 1.54) is 0 Å². The van der Waals surface area contributed by atoms with Gasteiger partial charge in [-0.1, -0.05) is 0 Å². The van der Waals surface area contributed by atoms with Gasteiger partial charge in [0.05, 0.1) is 13.0 Å². The standard InChI is InChI=1S/C5H8N2O3/c6-5(10)7-3-4(9)1-2-8/h2H,1,3H2,(H3,6,7,10). The lowest BCUT2D eigenvalue weighted by Crippen LogP contribution is -2.33. The SMILES string of the molecule is NC(=O)NCC(=O)CC=O. The molecule has 0 bridgehead atoms. The van der Waals surface area contributed by atoms with Gasteiger partial charge in [0.1, 0.15) is 6.29 Å². The molecule has 5 nitrogen and oxygen atoms in total. The highest BCUT2D eigenvalue weighted by atomic mass is 16.2. The van der Waals surface area contributed by atoms with Crippen LogP contribution in [0.15, 0.2) is 0 Å². The lowest BCUT2D eigenvalue weighted by Gasteiger charge is -1.95. The smallest absolute Gasteiger partial charge is 0.312 e. The zero-order chi connectivity index (χ0) is 7.98. The molecule has 0 aliphatic heterocycles. The minimum atomic E-state index is -0.765. The predicted octanol–water partition coefficient (Wildman–Crippen LogP) is -1.19. The van der Waals surface area contributed by atoms with Crippen LogP contribution in [0.2, 0.25) is 0 Å². The van der Waals surface area contributed by atoms with Gasteiger partial charge in [-0.15, -0.1) is 0 Å². The van der Waals surface area contributed by atoms with Crippen LogP contribution in [0.25, 0.3) is 0 Å². The van der Waals surface area contributed by atoms with Crippen LogP contribution in [0.4, 0.5) is 4.79 Å². The van der Waals surface area contributed by atoms with Crippen molar-refractivity contribution in [3.05, 3.63) is 0 Å². The summed E-state index contributed by atoms with van der Waals surface area (Å²) >= 11 is 0. The van der Waals surface area contributed by atoms with Crippen molar-refractivity contribution in [3.63, 3.8) is 0 Å². The summed E-state index contributed by atoms with van der Waals surface area (Å²) < 4.78 is 0. The van der Waals surface area contributed by atoms with E-state index >= 15 is 0 Å². The largest absolute Gasteiger partial charge is 0.352 e. The van der Waals surface area contributed by atoms with Crippen molar-refractivity contribution < 1.29 is 14.4 Å². The fourth-order valence-corrected chi connectivity index (χ4v) is 0.351. The summed E-state index contributed by atoms with van der Waals surface area (Å²) in [6.45, 7) is -0.173. The van der Waals surface area contributed by atoms with Crippen LogP contribution in [0, 0.1) is 0 Å². The molecule has 0 heterocycles. The molecule has 0 saturated carbocycles. The first-order chi connectivity index (χ1) is 4.66. The zero-order valence-corrected chi connectivity index (χ0v) is 5.29. The molecular formula is C5H8N2O3. The number of ketones is 1. The number of nitrogens with two attached hydrogens (primary N) is 1. The molecule has 3 N–H and O–H groups in total. The first kappa shape index (κ1) is 8.61. The number of nitrogens with one attached hydrogen (secondary N) is 1.